The Kier molecular flexibility index (Phi) is 10.1. The Morgan fingerprint density at radius 1 is 0.806 bits per heavy atom. The number of ether oxygens (including phenoxy) is 5. The van der Waals surface area contributed by atoms with E-state index in [0.717, 1.165) is 27.7 Å². The normalized spacial score (nSPS) is 22.8. The molecule has 2 heterocycles. The summed E-state index contributed by atoms with van der Waals surface area (Å²) in [6.45, 7) is 3.87. The van der Waals surface area contributed by atoms with Crippen LogP contribution >= 0.6 is 0 Å². The van der Waals surface area contributed by atoms with Gasteiger partial charge in [0.1, 0.15) is 12.7 Å². The minimum atomic E-state index is -1.50. The molecule has 0 radical (unpaired) electrons. The van der Waals surface area contributed by atoms with Crippen LogP contribution in [0.3, 0.4) is 0 Å². The first-order valence-electron chi connectivity index (χ1n) is 10.5. The van der Waals surface area contributed by atoms with Crippen LogP contribution in [-0.4, -0.2) is 78.1 Å². The van der Waals surface area contributed by atoms with Gasteiger partial charge in [0.05, 0.1) is 0 Å². The molecule has 3 N–H and O–H groups in total. The molecule has 1 fully saturated rings. The summed E-state index contributed by atoms with van der Waals surface area (Å²) >= 11 is 0. The Bertz CT molecular complexity index is 987. The topological polar surface area (TPSA) is 198 Å². The van der Waals surface area contributed by atoms with Gasteiger partial charge in [-0.1, -0.05) is 0 Å². The van der Waals surface area contributed by atoms with Crippen LogP contribution in [0.25, 0.3) is 0 Å². The molecule has 0 saturated carbocycles. The van der Waals surface area contributed by atoms with E-state index in [1.54, 1.807) is 0 Å². The molecule has 3 amide bonds. The number of pyridine rings is 1. The maximum absolute atomic E-state index is 12.5. The van der Waals surface area contributed by atoms with Crippen molar-refractivity contribution >= 4 is 35.8 Å². The molecule has 15 heteroatoms. The van der Waals surface area contributed by atoms with Crippen molar-refractivity contribution in [3.05, 3.63) is 30.1 Å². The van der Waals surface area contributed by atoms with Crippen molar-refractivity contribution in [2.45, 2.75) is 58.3 Å². The van der Waals surface area contributed by atoms with E-state index in [2.05, 4.69) is 21.2 Å². The van der Waals surface area contributed by atoms with E-state index in [1.165, 1.54) is 24.5 Å². The molecule has 1 saturated heterocycles. The van der Waals surface area contributed by atoms with Gasteiger partial charge < -0.3 is 29.0 Å². The lowest BCUT2D eigenvalue weighted by atomic mass is 9.97. The molecule has 0 unspecified atom stereocenters. The highest BCUT2D eigenvalue weighted by Crippen LogP contribution is 2.28. The van der Waals surface area contributed by atoms with Crippen LogP contribution < -0.4 is 16.2 Å². The Labute approximate surface area is 205 Å². The quantitative estimate of drug-likeness (QED) is 0.233. The molecule has 2 rings (SSSR count). The minimum absolute atomic E-state index is 0.206. The van der Waals surface area contributed by atoms with Gasteiger partial charge in [0.15, 0.2) is 24.5 Å². The summed E-state index contributed by atoms with van der Waals surface area (Å²) in [6, 6.07) is 1.82. The molecular formula is C21H26N4O11. The van der Waals surface area contributed by atoms with Gasteiger partial charge in [-0.15, -0.1) is 0 Å². The third kappa shape index (κ3) is 8.50. The van der Waals surface area contributed by atoms with Crippen molar-refractivity contribution in [3.63, 3.8) is 0 Å². The zero-order valence-electron chi connectivity index (χ0n) is 19.8. The predicted molar refractivity (Wildman–Crippen MR) is 115 cm³/mol. The van der Waals surface area contributed by atoms with E-state index in [4.69, 9.17) is 23.7 Å². The second-order valence-corrected chi connectivity index (χ2v) is 7.41. The number of amides is 3. The number of hydrogen-bond donors (Lipinski definition) is 3. The van der Waals surface area contributed by atoms with E-state index in [1.807, 2.05) is 0 Å². The highest BCUT2D eigenvalue weighted by molar-refractivity contribution is 5.95. The Hall–Kier alpha value is -4.27. The van der Waals surface area contributed by atoms with E-state index >= 15 is 0 Å². The van der Waals surface area contributed by atoms with Crippen molar-refractivity contribution in [2.24, 2.45) is 0 Å². The molecule has 0 aliphatic carbocycles. The van der Waals surface area contributed by atoms with Gasteiger partial charge in [0, 0.05) is 45.7 Å². The number of hydrogen-bond acceptors (Lipinski definition) is 12. The Morgan fingerprint density at radius 3 is 1.92 bits per heavy atom. The molecule has 0 bridgehead atoms. The highest BCUT2D eigenvalue weighted by atomic mass is 16.7. The highest BCUT2D eigenvalue weighted by Gasteiger charge is 2.52. The first-order chi connectivity index (χ1) is 17.0. The van der Waals surface area contributed by atoms with Crippen LogP contribution in [0.2, 0.25) is 0 Å². The van der Waals surface area contributed by atoms with Crippen LogP contribution in [0.1, 0.15) is 38.1 Å². The first kappa shape index (κ1) is 28.0. The summed E-state index contributed by atoms with van der Waals surface area (Å²) in [7, 11) is 0. The standard InChI is InChI=1S/C21H26N4O11/c1-10(26)32-9-15-16(33-11(2)27)17(34-12(3)28)18(35-13(4)29)20(36-15)23-21(31)25-24-19(30)14-5-7-22-8-6-14/h5-8,15-18,20H,9H2,1-4H3,(H,24,30)(H2,23,25,31)/t15-,16-,17+,18-,20-/m1/s1. The number of aromatic nitrogens is 1. The van der Waals surface area contributed by atoms with E-state index in [9.17, 15) is 28.8 Å². The van der Waals surface area contributed by atoms with Crippen LogP contribution in [0.5, 0.6) is 0 Å². The van der Waals surface area contributed by atoms with Gasteiger partial charge in [-0.05, 0) is 12.1 Å². The van der Waals surface area contributed by atoms with Gasteiger partial charge in [-0.3, -0.25) is 34.4 Å². The van der Waals surface area contributed by atoms with Gasteiger partial charge in [0.25, 0.3) is 5.91 Å². The predicted octanol–water partition coefficient (Wildman–Crippen LogP) is -0.891. The number of carbonyl (C=O) groups is 6. The number of carbonyl (C=O) groups excluding carboxylic acids is 6. The average Bonchev–Trinajstić information content (AvgIpc) is 2.79. The lowest BCUT2D eigenvalue weighted by Gasteiger charge is -2.44. The van der Waals surface area contributed by atoms with Crippen LogP contribution in [0, 0.1) is 0 Å². The smallest absolute Gasteiger partial charge is 0.335 e. The zero-order chi connectivity index (χ0) is 26.8. The molecule has 1 aromatic heterocycles. The molecule has 15 nitrogen and oxygen atoms in total. The van der Waals surface area contributed by atoms with E-state index in [-0.39, 0.29) is 5.56 Å². The second-order valence-electron chi connectivity index (χ2n) is 7.41. The largest absolute Gasteiger partial charge is 0.463 e. The number of urea groups is 1. The Morgan fingerprint density at radius 2 is 1.36 bits per heavy atom. The molecule has 196 valence electrons. The summed E-state index contributed by atoms with van der Waals surface area (Å²) in [5.74, 6) is -3.80. The maximum Gasteiger partial charge on any atom is 0.335 e. The van der Waals surface area contributed by atoms with Crippen LogP contribution in [-0.2, 0) is 42.9 Å². The van der Waals surface area contributed by atoms with Crippen molar-refractivity contribution in [1.29, 1.82) is 0 Å². The molecule has 0 spiro atoms. The van der Waals surface area contributed by atoms with Crippen LogP contribution in [0.15, 0.2) is 24.5 Å². The summed E-state index contributed by atoms with van der Waals surface area (Å²) in [5, 5.41) is 2.33. The number of nitrogens with zero attached hydrogens (tertiary/aromatic N) is 1. The van der Waals surface area contributed by atoms with Gasteiger partial charge in [-0.2, -0.15) is 0 Å². The number of rotatable bonds is 7. The van der Waals surface area contributed by atoms with Crippen molar-refractivity contribution < 1.29 is 52.5 Å². The number of esters is 4. The lowest BCUT2D eigenvalue weighted by molar-refractivity contribution is -0.255. The molecule has 36 heavy (non-hydrogen) atoms. The second kappa shape index (κ2) is 13.0. The van der Waals surface area contributed by atoms with Gasteiger partial charge in [-0.25, -0.2) is 10.2 Å². The van der Waals surface area contributed by atoms with Crippen molar-refractivity contribution in [1.82, 2.24) is 21.2 Å². The van der Waals surface area contributed by atoms with E-state index in [0.29, 0.717) is 0 Å². The van der Waals surface area contributed by atoms with Crippen LogP contribution in [0.4, 0.5) is 4.79 Å². The first-order valence-corrected chi connectivity index (χ1v) is 10.5. The fraction of sp³-hybridized carbons (Fsp3) is 0.476. The fourth-order valence-electron chi connectivity index (χ4n) is 3.20. The fourth-order valence-corrected chi connectivity index (χ4v) is 3.20. The van der Waals surface area contributed by atoms with E-state index < -0.39 is 73.1 Å². The van der Waals surface area contributed by atoms with Crippen molar-refractivity contribution in [2.75, 3.05) is 6.61 Å². The summed E-state index contributed by atoms with van der Waals surface area (Å²) < 4.78 is 26.4. The van der Waals surface area contributed by atoms with Gasteiger partial charge >= 0.3 is 29.9 Å². The third-order valence-electron chi connectivity index (χ3n) is 4.50. The third-order valence-corrected chi connectivity index (χ3v) is 4.50. The SMILES string of the molecule is CC(=O)OC[C@H]1O[C@@H](NC(=O)NNC(=O)c2ccncc2)[C@H](OC(C)=O)[C@@H](OC(C)=O)[C@@H]1OC(C)=O. The van der Waals surface area contributed by atoms with Crippen molar-refractivity contribution in [3.8, 4) is 0 Å². The maximum atomic E-state index is 12.5. The molecule has 1 aromatic rings. The lowest BCUT2D eigenvalue weighted by Crippen LogP contribution is -2.67. The Balaban J connectivity index is 2.26. The average molecular weight is 510 g/mol. The zero-order valence-corrected chi connectivity index (χ0v) is 19.8. The minimum Gasteiger partial charge on any atom is -0.463 e. The number of hydrazine groups is 1. The number of nitrogens with one attached hydrogen (secondary N) is 3. The van der Waals surface area contributed by atoms with Gasteiger partial charge in [0.2, 0.25) is 0 Å². The molecule has 1 aliphatic rings. The molecular weight excluding hydrogens is 484 g/mol. The summed E-state index contributed by atoms with van der Waals surface area (Å²) in [4.78, 5) is 75.1. The monoisotopic (exact) mass is 510 g/mol. The summed E-state index contributed by atoms with van der Waals surface area (Å²) in [6.07, 6.45) is -4.30. The molecule has 5 atom stereocenters. The molecule has 0 aromatic carbocycles. The summed E-state index contributed by atoms with van der Waals surface area (Å²) in [5.41, 5.74) is 4.46. The molecule has 1 aliphatic heterocycles.